The van der Waals surface area contributed by atoms with Gasteiger partial charge in [-0.3, -0.25) is 14.2 Å². The summed E-state index contributed by atoms with van der Waals surface area (Å²) in [5.74, 6) is 0.245. The highest BCUT2D eigenvalue weighted by atomic mass is 19.1. The maximum absolute atomic E-state index is 12.8. The number of pyridine rings is 1. The number of piperidine rings is 1. The molecule has 0 unspecified atom stereocenters. The van der Waals surface area contributed by atoms with E-state index in [-0.39, 0.29) is 18.6 Å². The van der Waals surface area contributed by atoms with Gasteiger partial charge in [-0.15, -0.1) is 0 Å². The molecule has 1 saturated heterocycles. The van der Waals surface area contributed by atoms with Gasteiger partial charge in [0.05, 0.1) is 24.0 Å². The number of hydrogen-bond donors (Lipinski definition) is 1. The molecule has 170 valence electrons. The van der Waals surface area contributed by atoms with E-state index < -0.39 is 0 Å². The summed E-state index contributed by atoms with van der Waals surface area (Å²) < 4.78 is 16.2. The predicted octanol–water partition coefficient (Wildman–Crippen LogP) is 3.69. The van der Waals surface area contributed by atoms with Gasteiger partial charge in [0.2, 0.25) is 0 Å². The standard InChI is InChI=1S/C24H26FN7O/c1-30-15-20(13-27-30)17-2-3-18-12-26-23(11-19(18)10-17)29-24(33)21-14-28-32(16-21)22-4-7-31(8-5-22)9-6-25/h2-3,10-16,22H,4-9H2,1H3,(H,26,29,33). The van der Waals surface area contributed by atoms with Crippen molar-refractivity contribution in [1.29, 1.82) is 0 Å². The molecular weight excluding hydrogens is 421 g/mol. The predicted molar refractivity (Wildman–Crippen MR) is 125 cm³/mol. The van der Waals surface area contributed by atoms with Gasteiger partial charge in [-0.1, -0.05) is 12.1 Å². The molecule has 0 saturated carbocycles. The highest BCUT2D eigenvalue weighted by Crippen LogP contribution is 2.26. The van der Waals surface area contributed by atoms with Crippen LogP contribution in [0.5, 0.6) is 0 Å². The number of aryl methyl sites for hydroxylation is 1. The molecule has 1 aromatic carbocycles. The van der Waals surface area contributed by atoms with E-state index in [1.807, 2.05) is 42.3 Å². The van der Waals surface area contributed by atoms with E-state index in [0.29, 0.717) is 17.9 Å². The molecule has 8 nitrogen and oxygen atoms in total. The maximum atomic E-state index is 12.8. The van der Waals surface area contributed by atoms with Gasteiger partial charge in [0, 0.05) is 56.2 Å². The van der Waals surface area contributed by atoms with Crippen LogP contribution < -0.4 is 5.32 Å². The number of nitrogens with zero attached hydrogens (tertiary/aromatic N) is 6. The topological polar surface area (TPSA) is 80.9 Å². The SMILES string of the molecule is Cn1cc(-c2ccc3cnc(NC(=O)c4cnn(C5CCN(CCF)CC5)c4)cc3c2)cn1. The van der Waals surface area contributed by atoms with Gasteiger partial charge >= 0.3 is 0 Å². The Morgan fingerprint density at radius 3 is 2.67 bits per heavy atom. The quantitative estimate of drug-likeness (QED) is 0.488. The molecule has 0 radical (unpaired) electrons. The van der Waals surface area contributed by atoms with Gasteiger partial charge in [0.15, 0.2) is 0 Å². The second-order valence-electron chi connectivity index (χ2n) is 8.46. The van der Waals surface area contributed by atoms with Crippen molar-refractivity contribution < 1.29 is 9.18 Å². The van der Waals surface area contributed by atoms with Crippen molar-refractivity contribution in [3.63, 3.8) is 0 Å². The number of carbonyl (C=O) groups excluding carboxylic acids is 1. The maximum Gasteiger partial charge on any atom is 0.260 e. The monoisotopic (exact) mass is 447 g/mol. The molecule has 0 aliphatic carbocycles. The molecule has 1 amide bonds. The van der Waals surface area contributed by atoms with E-state index in [4.69, 9.17) is 0 Å². The largest absolute Gasteiger partial charge is 0.306 e. The van der Waals surface area contributed by atoms with E-state index >= 15 is 0 Å². The van der Waals surface area contributed by atoms with Crippen LogP contribution in [0.25, 0.3) is 21.9 Å². The second kappa shape index (κ2) is 9.11. The molecule has 4 heterocycles. The minimum Gasteiger partial charge on any atom is -0.306 e. The number of benzene rings is 1. The Kier molecular flexibility index (Phi) is 5.87. The Morgan fingerprint density at radius 2 is 1.91 bits per heavy atom. The third-order valence-corrected chi connectivity index (χ3v) is 6.20. The molecule has 1 N–H and O–H groups in total. The van der Waals surface area contributed by atoms with Crippen LogP contribution in [-0.4, -0.2) is 61.7 Å². The van der Waals surface area contributed by atoms with Crippen molar-refractivity contribution in [3.8, 4) is 11.1 Å². The zero-order valence-electron chi connectivity index (χ0n) is 18.5. The summed E-state index contributed by atoms with van der Waals surface area (Å²) in [4.78, 5) is 19.3. The molecule has 1 fully saturated rings. The van der Waals surface area contributed by atoms with Gasteiger partial charge in [0.1, 0.15) is 12.5 Å². The molecule has 0 bridgehead atoms. The number of carbonyl (C=O) groups is 1. The van der Waals surface area contributed by atoms with Gasteiger partial charge < -0.3 is 10.2 Å². The van der Waals surface area contributed by atoms with Crippen molar-refractivity contribution in [1.82, 2.24) is 29.4 Å². The number of hydrogen-bond acceptors (Lipinski definition) is 5. The van der Waals surface area contributed by atoms with E-state index in [1.54, 1.807) is 23.3 Å². The molecule has 3 aromatic heterocycles. The van der Waals surface area contributed by atoms with Crippen LogP contribution in [0, 0.1) is 0 Å². The lowest BCUT2D eigenvalue weighted by molar-refractivity contribution is 0.102. The fraction of sp³-hybridized carbons (Fsp3) is 0.333. The van der Waals surface area contributed by atoms with Crippen molar-refractivity contribution in [2.45, 2.75) is 18.9 Å². The zero-order chi connectivity index (χ0) is 22.8. The smallest absolute Gasteiger partial charge is 0.260 e. The number of halogens is 1. The third kappa shape index (κ3) is 4.63. The average molecular weight is 448 g/mol. The lowest BCUT2D eigenvalue weighted by Gasteiger charge is -2.31. The van der Waals surface area contributed by atoms with E-state index in [1.165, 1.54) is 0 Å². The number of amides is 1. The highest BCUT2D eigenvalue weighted by Gasteiger charge is 2.22. The van der Waals surface area contributed by atoms with Crippen LogP contribution in [-0.2, 0) is 7.05 Å². The number of anilines is 1. The van der Waals surface area contributed by atoms with Crippen LogP contribution in [0.4, 0.5) is 10.2 Å². The molecule has 9 heteroatoms. The van der Waals surface area contributed by atoms with Crippen molar-refractivity contribution >= 4 is 22.5 Å². The zero-order valence-corrected chi connectivity index (χ0v) is 18.5. The van der Waals surface area contributed by atoms with Crippen LogP contribution in [0.3, 0.4) is 0 Å². The van der Waals surface area contributed by atoms with Crippen LogP contribution >= 0.6 is 0 Å². The Balaban J connectivity index is 1.28. The molecule has 0 spiro atoms. The van der Waals surface area contributed by atoms with Crippen LogP contribution in [0.2, 0.25) is 0 Å². The fourth-order valence-electron chi connectivity index (χ4n) is 4.33. The number of fused-ring (bicyclic) bond motifs is 1. The number of nitrogens with one attached hydrogen (secondary N) is 1. The van der Waals surface area contributed by atoms with Crippen LogP contribution in [0.1, 0.15) is 29.2 Å². The summed E-state index contributed by atoms with van der Waals surface area (Å²) in [5, 5.41) is 13.5. The Morgan fingerprint density at radius 1 is 1.06 bits per heavy atom. The number of rotatable bonds is 6. The summed E-state index contributed by atoms with van der Waals surface area (Å²) in [6.45, 7) is 1.86. The summed E-state index contributed by atoms with van der Waals surface area (Å²) in [6, 6.07) is 8.22. The molecule has 33 heavy (non-hydrogen) atoms. The van der Waals surface area contributed by atoms with Gasteiger partial charge in [0.25, 0.3) is 5.91 Å². The summed E-state index contributed by atoms with van der Waals surface area (Å²) in [6.07, 6.45) is 10.7. The molecule has 0 atom stereocenters. The third-order valence-electron chi connectivity index (χ3n) is 6.20. The summed E-state index contributed by atoms with van der Waals surface area (Å²) >= 11 is 0. The minimum atomic E-state index is -0.315. The Bertz CT molecular complexity index is 1270. The first kappa shape index (κ1) is 21.3. The molecule has 4 aromatic rings. The lowest BCUT2D eigenvalue weighted by Crippen LogP contribution is -2.36. The first-order valence-corrected chi connectivity index (χ1v) is 11.1. The first-order valence-electron chi connectivity index (χ1n) is 11.1. The van der Waals surface area contributed by atoms with Gasteiger partial charge in [-0.25, -0.2) is 9.37 Å². The van der Waals surface area contributed by atoms with Gasteiger partial charge in [-0.2, -0.15) is 10.2 Å². The molecular formula is C24H26FN7O. The second-order valence-corrected chi connectivity index (χ2v) is 8.46. The lowest BCUT2D eigenvalue weighted by atomic mass is 10.1. The normalized spacial score (nSPS) is 15.2. The Labute approximate surface area is 191 Å². The molecule has 5 rings (SSSR count). The van der Waals surface area contributed by atoms with E-state index in [9.17, 15) is 9.18 Å². The fourth-order valence-corrected chi connectivity index (χ4v) is 4.33. The summed E-state index contributed by atoms with van der Waals surface area (Å²) in [7, 11) is 1.89. The van der Waals surface area contributed by atoms with E-state index in [0.717, 1.165) is 47.8 Å². The number of likely N-dealkylation sites (tertiary alicyclic amines) is 1. The number of aromatic nitrogens is 5. The highest BCUT2D eigenvalue weighted by molar-refractivity contribution is 6.04. The van der Waals surface area contributed by atoms with Crippen molar-refractivity contribution in [2.75, 3.05) is 31.6 Å². The van der Waals surface area contributed by atoms with E-state index in [2.05, 4.69) is 31.5 Å². The number of alkyl halides is 1. The summed E-state index contributed by atoms with van der Waals surface area (Å²) in [5.41, 5.74) is 2.58. The average Bonchev–Trinajstić information content (AvgIpc) is 3.49. The molecule has 1 aliphatic heterocycles. The first-order chi connectivity index (χ1) is 16.1. The minimum absolute atomic E-state index is 0.229. The van der Waals surface area contributed by atoms with Crippen LogP contribution in [0.15, 0.2) is 55.2 Å². The molecule has 1 aliphatic rings. The van der Waals surface area contributed by atoms with Crippen molar-refractivity contribution in [3.05, 3.63) is 60.8 Å². The van der Waals surface area contributed by atoms with Crippen molar-refractivity contribution in [2.24, 2.45) is 7.05 Å². The van der Waals surface area contributed by atoms with Gasteiger partial charge in [-0.05, 0) is 35.9 Å². The Hall–Kier alpha value is -3.59.